The lowest BCUT2D eigenvalue weighted by molar-refractivity contribution is 0.162. The molecule has 1 aromatic rings. The highest BCUT2D eigenvalue weighted by atomic mass is 15.3. The highest BCUT2D eigenvalue weighted by Crippen LogP contribution is 2.30. The molecule has 0 bridgehead atoms. The second kappa shape index (κ2) is 6.53. The van der Waals surface area contributed by atoms with Gasteiger partial charge in [0.15, 0.2) is 0 Å². The molecule has 2 N–H and O–H groups in total. The summed E-state index contributed by atoms with van der Waals surface area (Å²) in [5.74, 6) is 0.682. The Balaban J connectivity index is 2.10. The van der Waals surface area contributed by atoms with E-state index in [4.69, 9.17) is 5.73 Å². The molecule has 4 nitrogen and oxygen atoms in total. The van der Waals surface area contributed by atoms with Crippen molar-refractivity contribution in [1.82, 2.24) is 14.7 Å². The molecule has 1 aromatic heterocycles. The number of aryl methyl sites for hydroxylation is 2. The molecule has 0 aliphatic heterocycles. The Hall–Kier alpha value is -0.870. The summed E-state index contributed by atoms with van der Waals surface area (Å²) < 4.78 is 1.94. The number of nitrogens with two attached hydrogens (primary N) is 1. The molecular weight excluding hydrogens is 236 g/mol. The van der Waals surface area contributed by atoms with E-state index in [-0.39, 0.29) is 0 Å². The molecule has 1 aliphatic rings. The number of hydrogen-bond donors (Lipinski definition) is 1. The van der Waals surface area contributed by atoms with Crippen LogP contribution in [0, 0.1) is 5.92 Å². The van der Waals surface area contributed by atoms with Gasteiger partial charge in [-0.2, -0.15) is 5.10 Å². The highest BCUT2D eigenvalue weighted by Gasteiger charge is 2.30. The quantitative estimate of drug-likeness (QED) is 0.854. The van der Waals surface area contributed by atoms with Gasteiger partial charge in [-0.25, -0.2) is 0 Å². The van der Waals surface area contributed by atoms with Crippen LogP contribution < -0.4 is 5.73 Å². The van der Waals surface area contributed by atoms with Crippen LogP contribution in [0.5, 0.6) is 0 Å². The van der Waals surface area contributed by atoms with E-state index in [0.29, 0.717) is 12.0 Å². The summed E-state index contributed by atoms with van der Waals surface area (Å²) in [5, 5.41) is 4.55. The van der Waals surface area contributed by atoms with E-state index in [1.54, 1.807) is 0 Å². The minimum atomic E-state index is 0.667. The summed E-state index contributed by atoms with van der Waals surface area (Å²) in [6, 6.07) is 0.667. The lowest BCUT2D eigenvalue weighted by atomic mass is 10.0. The van der Waals surface area contributed by atoms with E-state index in [9.17, 15) is 0 Å². The Morgan fingerprint density at radius 2 is 2.21 bits per heavy atom. The van der Waals surface area contributed by atoms with Gasteiger partial charge in [-0.15, -0.1) is 0 Å². The van der Waals surface area contributed by atoms with Crippen LogP contribution in [0.1, 0.15) is 44.4 Å². The first-order valence-electron chi connectivity index (χ1n) is 7.65. The second-order valence-electron chi connectivity index (χ2n) is 5.69. The van der Waals surface area contributed by atoms with Gasteiger partial charge < -0.3 is 5.73 Å². The molecule has 4 heteroatoms. The Bertz CT molecular complexity index is 399. The lowest BCUT2D eigenvalue weighted by Gasteiger charge is -2.31. The van der Waals surface area contributed by atoms with Crippen molar-refractivity contribution < 1.29 is 0 Å². The molecule has 1 saturated carbocycles. The third-order valence-corrected chi connectivity index (χ3v) is 4.50. The second-order valence-corrected chi connectivity index (χ2v) is 5.69. The van der Waals surface area contributed by atoms with Crippen molar-refractivity contribution in [3.63, 3.8) is 0 Å². The molecule has 2 rings (SSSR count). The zero-order valence-electron chi connectivity index (χ0n) is 12.6. The molecule has 1 fully saturated rings. The van der Waals surface area contributed by atoms with Gasteiger partial charge in [-0.05, 0) is 38.3 Å². The molecule has 2 atom stereocenters. The van der Waals surface area contributed by atoms with Crippen LogP contribution in [0.3, 0.4) is 0 Å². The van der Waals surface area contributed by atoms with Gasteiger partial charge in [-0.3, -0.25) is 9.58 Å². The zero-order chi connectivity index (χ0) is 13.8. The first-order chi connectivity index (χ1) is 9.19. The summed E-state index contributed by atoms with van der Waals surface area (Å²) in [7, 11) is 2.01. The first-order valence-corrected chi connectivity index (χ1v) is 7.65. The number of aromatic nitrogens is 2. The lowest BCUT2D eigenvalue weighted by Crippen LogP contribution is -2.39. The molecule has 1 heterocycles. The normalized spacial score (nSPS) is 23.4. The van der Waals surface area contributed by atoms with E-state index in [2.05, 4.69) is 30.0 Å². The molecular formula is C15H28N4. The van der Waals surface area contributed by atoms with Crippen molar-refractivity contribution in [2.75, 3.05) is 13.1 Å². The van der Waals surface area contributed by atoms with Crippen LogP contribution in [0.15, 0.2) is 6.20 Å². The van der Waals surface area contributed by atoms with E-state index in [0.717, 1.165) is 26.1 Å². The maximum atomic E-state index is 5.93. The standard InChI is InChI=1S/C15H28N4/c1-4-14-13(10-18(3)17-14)11-19(5-2)15-8-6-7-12(15)9-16/h10,12,15H,4-9,11,16H2,1-3H3. The summed E-state index contributed by atoms with van der Waals surface area (Å²) in [5.41, 5.74) is 8.55. The van der Waals surface area contributed by atoms with Crippen LogP contribution in [0.25, 0.3) is 0 Å². The van der Waals surface area contributed by atoms with Crippen molar-refractivity contribution in [1.29, 1.82) is 0 Å². The van der Waals surface area contributed by atoms with Gasteiger partial charge in [-0.1, -0.05) is 20.3 Å². The molecule has 0 saturated heterocycles. The predicted molar refractivity (Wildman–Crippen MR) is 78.9 cm³/mol. The summed E-state index contributed by atoms with van der Waals surface area (Å²) in [6.07, 6.45) is 7.12. The maximum absolute atomic E-state index is 5.93. The van der Waals surface area contributed by atoms with Crippen molar-refractivity contribution in [2.45, 2.75) is 52.1 Å². The van der Waals surface area contributed by atoms with Crippen molar-refractivity contribution in [3.05, 3.63) is 17.5 Å². The van der Waals surface area contributed by atoms with Crippen molar-refractivity contribution in [2.24, 2.45) is 18.7 Å². The number of rotatable bonds is 6. The van der Waals surface area contributed by atoms with E-state index >= 15 is 0 Å². The average Bonchev–Trinajstić information content (AvgIpc) is 3.01. The van der Waals surface area contributed by atoms with Gasteiger partial charge in [0.25, 0.3) is 0 Å². The van der Waals surface area contributed by atoms with E-state index < -0.39 is 0 Å². The molecule has 19 heavy (non-hydrogen) atoms. The molecule has 0 amide bonds. The summed E-state index contributed by atoms with van der Waals surface area (Å²) in [4.78, 5) is 2.60. The largest absolute Gasteiger partial charge is 0.330 e. The highest BCUT2D eigenvalue weighted by molar-refractivity contribution is 5.17. The average molecular weight is 264 g/mol. The number of hydrogen-bond acceptors (Lipinski definition) is 3. The maximum Gasteiger partial charge on any atom is 0.0666 e. The molecule has 0 aromatic carbocycles. The van der Waals surface area contributed by atoms with E-state index in [1.165, 1.54) is 30.5 Å². The number of nitrogens with zero attached hydrogens (tertiary/aromatic N) is 3. The Morgan fingerprint density at radius 1 is 1.42 bits per heavy atom. The minimum absolute atomic E-state index is 0.667. The first kappa shape index (κ1) is 14.5. The summed E-state index contributed by atoms with van der Waals surface area (Å²) >= 11 is 0. The fraction of sp³-hybridized carbons (Fsp3) is 0.800. The Kier molecular flexibility index (Phi) is 4.99. The van der Waals surface area contributed by atoms with Gasteiger partial charge in [0, 0.05) is 31.4 Å². The van der Waals surface area contributed by atoms with Gasteiger partial charge in [0.2, 0.25) is 0 Å². The van der Waals surface area contributed by atoms with Gasteiger partial charge in [0.1, 0.15) is 0 Å². The fourth-order valence-corrected chi connectivity index (χ4v) is 3.47. The third-order valence-electron chi connectivity index (χ3n) is 4.50. The molecule has 0 spiro atoms. The van der Waals surface area contributed by atoms with Gasteiger partial charge >= 0.3 is 0 Å². The Morgan fingerprint density at radius 3 is 2.84 bits per heavy atom. The van der Waals surface area contributed by atoms with Gasteiger partial charge in [0.05, 0.1) is 5.69 Å². The zero-order valence-corrected chi connectivity index (χ0v) is 12.6. The topological polar surface area (TPSA) is 47.1 Å². The van der Waals surface area contributed by atoms with Crippen LogP contribution in [0.2, 0.25) is 0 Å². The minimum Gasteiger partial charge on any atom is -0.330 e. The van der Waals surface area contributed by atoms with Crippen LogP contribution in [0.4, 0.5) is 0 Å². The third kappa shape index (κ3) is 3.18. The summed E-state index contributed by atoms with van der Waals surface area (Å²) in [6.45, 7) is 7.39. The predicted octanol–water partition coefficient (Wildman–Crippen LogP) is 1.93. The molecule has 108 valence electrons. The molecule has 0 radical (unpaired) electrons. The Labute approximate surface area is 117 Å². The van der Waals surface area contributed by atoms with Crippen molar-refractivity contribution >= 4 is 0 Å². The smallest absolute Gasteiger partial charge is 0.0666 e. The SMILES string of the molecule is CCc1nn(C)cc1CN(CC)C1CCCC1CN. The monoisotopic (exact) mass is 264 g/mol. The van der Waals surface area contributed by atoms with Crippen molar-refractivity contribution in [3.8, 4) is 0 Å². The molecule has 1 aliphatic carbocycles. The van der Waals surface area contributed by atoms with Crippen LogP contribution in [-0.4, -0.2) is 33.8 Å². The van der Waals surface area contributed by atoms with Crippen LogP contribution in [-0.2, 0) is 20.0 Å². The molecule has 2 unspecified atom stereocenters. The fourth-order valence-electron chi connectivity index (χ4n) is 3.47. The van der Waals surface area contributed by atoms with Crippen LogP contribution >= 0.6 is 0 Å². The van der Waals surface area contributed by atoms with E-state index in [1.807, 2.05) is 11.7 Å².